The van der Waals surface area contributed by atoms with Crippen molar-refractivity contribution >= 4 is 37.8 Å². The number of hydrogen-bond acceptors (Lipinski definition) is 7. The van der Waals surface area contributed by atoms with Gasteiger partial charge in [0, 0.05) is 26.2 Å². The maximum absolute atomic E-state index is 10.4. The third-order valence-electron chi connectivity index (χ3n) is 0.977. The maximum atomic E-state index is 10.4. The van der Waals surface area contributed by atoms with Crippen LogP contribution >= 0.6 is 8.25 Å². The van der Waals surface area contributed by atoms with Gasteiger partial charge in [-0.1, -0.05) is 0 Å². The molecule has 13 heavy (non-hydrogen) atoms. The molecule has 0 bridgehead atoms. The molecule has 0 aliphatic heterocycles. The van der Waals surface area contributed by atoms with E-state index in [1.54, 1.807) is 0 Å². The first-order valence-electron chi connectivity index (χ1n) is 3.52. The van der Waals surface area contributed by atoms with Gasteiger partial charge >= 0.3 is 37.8 Å². The molecule has 0 aromatic carbocycles. The molecule has 0 aromatic rings. The van der Waals surface area contributed by atoms with Gasteiger partial charge in [-0.2, -0.15) is 5.48 Å². The second-order valence-corrected chi connectivity index (χ2v) is 2.84. The van der Waals surface area contributed by atoms with Crippen LogP contribution in [-0.2, 0) is 13.8 Å². The normalized spacial score (nSPS) is 12.2. The summed E-state index contributed by atoms with van der Waals surface area (Å²) < 4.78 is 18.8. The van der Waals surface area contributed by atoms with Crippen LogP contribution in [0, 0.1) is 0 Å². The molecule has 0 amide bonds. The van der Waals surface area contributed by atoms with Crippen molar-refractivity contribution in [3.63, 3.8) is 0 Å². The van der Waals surface area contributed by atoms with Gasteiger partial charge in [-0.25, -0.2) is 15.1 Å². The van der Waals surface area contributed by atoms with Crippen LogP contribution in [0.2, 0.25) is 0 Å². The molecule has 1 atom stereocenters. The fourth-order valence-corrected chi connectivity index (χ4v) is 0.769. The van der Waals surface area contributed by atoms with Gasteiger partial charge in [0.25, 0.3) is 0 Å². The Kier molecular flexibility index (Phi) is 16.4. The fourth-order valence-electron chi connectivity index (χ4n) is 0.500. The topological polar surface area (TPSA) is 112 Å². The first-order valence-corrected chi connectivity index (χ1v) is 4.75. The molecular weight excluding hydrogens is 206 g/mol. The number of nitrogens with two attached hydrogens (primary N) is 2. The molecule has 76 valence electrons. The van der Waals surface area contributed by atoms with E-state index in [4.69, 9.17) is 5.73 Å². The van der Waals surface area contributed by atoms with Gasteiger partial charge in [0.2, 0.25) is 0 Å². The van der Waals surface area contributed by atoms with Crippen molar-refractivity contribution in [2.75, 3.05) is 26.2 Å². The standard InChI is InChI=1S/C4H15N4O3P.Na.H/c5-1-2-7-3-4-8-11-12(9)10-6;;/h7-8,12H,1-6H2;;. The summed E-state index contributed by atoms with van der Waals surface area (Å²) in [6.07, 6.45) is 0. The van der Waals surface area contributed by atoms with E-state index in [1.807, 2.05) is 0 Å². The Balaban J connectivity index is 0. The average Bonchev–Trinajstić information content (AvgIpc) is 2.10. The van der Waals surface area contributed by atoms with E-state index in [0.717, 1.165) is 6.54 Å². The number of hydroxylamine groups is 1. The number of rotatable bonds is 8. The summed E-state index contributed by atoms with van der Waals surface area (Å²) in [5.41, 5.74) is 7.64. The second kappa shape index (κ2) is 13.0. The van der Waals surface area contributed by atoms with Crippen LogP contribution in [0.15, 0.2) is 0 Å². The minimum atomic E-state index is -2.56. The van der Waals surface area contributed by atoms with Crippen LogP contribution < -0.4 is 22.4 Å². The average molecular weight is 222 g/mol. The molecule has 1 unspecified atom stereocenters. The zero-order chi connectivity index (χ0) is 9.23. The summed E-state index contributed by atoms with van der Waals surface area (Å²) >= 11 is 0. The molecule has 0 saturated heterocycles. The van der Waals surface area contributed by atoms with Crippen molar-refractivity contribution < 1.29 is 13.8 Å². The van der Waals surface area contributed by atoms with Gasteiger partial charge in [-0.15, -0.1) is 0 Å². The third-order valence-corrected chi connectivity index (χ3v) is 1.48. The van der Waals surface area contributed by atoms with Gasteiger partial charge in [0.05, 0.1) is 0 Å². The Morgan fingerprint density at radius 3 is 2.54 bits per heavy atom. The van der Waals surface area contributed by atoms with E-state index in [0.29, 0.717) is 19.6 Å². The minimum absolute atomic E-state index is 0. The summed E-state index contributed by atoms with van der Waals surface area (Å²) in [6.45, 7) is 2.52. The zero-order valence-electron chi connectivity index (χ0n) is 6.71. The Hall–Kier alpha value is 0.990. The fraction of sp³-hybridized carbons (Fsp3) is 1.00. The molecule has 0 aliphatic rings. The van der Waals surface area contributed by atoms with E-state index < -0.39 is 8.25 Å². The number of nitrogens with one attached hydrogen (secondary N) is 2. The van der Waals surface area contributed by atoms with Crippen LogP contribution in [0.3, 0.4) is 0 Å². The Labute approximate surface area is 100 Å². The van der Waals surface area contributed by atoms with E-state index in [-0.39, 0.29) is 29.6 Å². The number of hydrogen-bond donors (Lipinski definition) is 4. The molecule has 0 aliphatic carbocycles. The van der Waals surface area contributed by atoms with Gasteiger partial charge in [0.1, 0.15) is 0 Å². The molecule has 7 nitrogen and oxygen atoms in total. The van der Waals surface area contributed by atoms with Crippen LogP contribution in [0.25, 0.3) is 0 Å². The van der Waals surface area contributed by atoms with E-state index in [2.05, 4.69) is 25.9 Å². The molecular formula is C4H16N4NaO3P. The van der Waals surface area contributed by atoms with Gasteiger partial charge in [-0.3, -0.25) is 4.57 Å². The van der Waals surface area contributed by atoms with Gasteiger partial charge in [0.15, 0.2) is 0 Å². The molecule has 0 fully saturated rings. The third kappa shape index (κ3) is 13.0. The van der Waals surface area contributed by atoms with Crippen LogP contribution in [-0.4, -0.2) is 55.7 Å². The molecule has 0 saturated carbocycles. The summed E-state index contributed by atoms with van der Waals surface area (Å²) in [6, 6.07) is 0. The van der Waals surface area contributed by atoms with Crippen molar-refractivity contribution in [2.24, 2.45) is 11.6 Å². The van der Waals surface area contributed by atoms with E-state index in [9.17, 15) is 4.57 Å². The molecule has 9 heteroatoms. The van der Waals surface area contributed by atoms with Gasteiger partial charge < -0.3 is 11.1 Å². The van der Waals surface area contributed by atoms with Crippen LogP contribution in [0.1, 0.15) is 0 Å². The predicted molar refractivity (Wildman–Crippen MR) is 52.4 cm³/mol. The molecule has 0 radical (unpaired) electrons. The van der Waals surface area contributed by atoms with E-state index >= 15 is 0 Å². The first-order chi connectivity index (χ1) is 5.81. The van der Waals surface area contributed by atoms with Gasteiger partial charge in [-0.05, 0) is 0 Å². The summed E-state index contributed by atoms with van der Waals surface area (Å²) in [7, 11) is -2.56. The van der Waals surface area contributed by atoms with Crippen molar-refractivity contribution in [3.05, 3.63) is 0 Å². The summed E-state index contributed by atoms with van der Waals surface area (Å²) in [4.78, 5) is 0. The molecule has 6 N–H and O–H groups in total. The Bertz CT molecular complexity index is 130. The van der Waals surface area contributed by atoms with Crippen molar-refractivity contribution in [2.45, 2.75) is 0 Å². The van der Waals surface area contributed by atoms with Crippen molar-refractivity contribution in [3.8, 4) is 0 Å². The Morgan fingerprint density at radius 2 is 2.00 bits per heavy atom. The quantitative estimate of drug-likeness (QED) is 0.158. The van der Waals surface area contributed by atoms with Crippen LogP contribution in [0.4, 0.5) is 0 Å². The summed E-state index contributed by atoms with van der Waals surface area (Å²) in [5, 5.41) is 3.00. The molecule has 0 aromatic heterocycles. The Morgan fingerprint density at radius 1 is 1.31 bits per heavy atom. The zero-order valence-corrected chi connectivity index (χ0v) is 7.71. The van der Waals surface area contributed by atoms with Crippen molar-refractivity contribution in [1.29, 1.82) is 0 Å². The molecule has 0 rings (SSSR count). The second-order valence-electron chi connectivity index (χ2n) is 1.90. The first kappa shape index (κ1) is 16.4. The SMILES string of the molecule is NCCNCCNO[PH](=O)ON.[NaH]. The van der Waals surface area contributed by atoms with E-state index in [1.165, 1.54) is 0 Å². The predicted octanol–water partition coefficient (Wildman–Crippen LogP) is -2.31. The molecule has 0 spiro atoms. The monoisotopic (exact) mass is 222 g/mol. The van der Waals surface area contributed by atoms with Crippen LogP contribution in [0.5, 0.6) is 0 Å². The molecule has 0 heterocycles. The summed E-state index contributed by atoms with van der Waals surface area (Å²) in [5.74, 6) is 4.57. The van der Waals surface area contributed by atoms with Crippen molar-refractivity contribution in [1.82, 2.24) is 10.8 Å².